The van der Waals surface area contributed by atoms with Crippen LogP contribution in [0.4, 0.5) is 0 Å². The van der Waals surface area contributed by atoms with Gasteiger partial charge in [0.2, 0.25) is 0 Å². The van der Waals surface area contributed by atoms with Crippen molar-refractivity contribution in [1.29, 1.82) is 5.41 Å². The van der Waals surface area contributed by atoms with E-state index in [0.717, 1.165) is 17.5 Å². The number of hydrogen-bond donors (Lipinski definition) is 1. The maximum Gasteiger partial charge on any atom is 0.306 e. The fraction of sp³-hybridized carbons (Fsp3) is 0.0500. The third-order valence-electron chi connectivity index (χ3n) is 4.12. The van der Waals surface area contributed by atoms with Crippen LogP contribution < -0.4 is 4.18 Å². The average Bonchev–Trinajstić information content (AvgIpc) is 3.10. The first-order chi connectivity index (χ1) is 13.8. The Kier molecular flexibility index (Phi) is 4.85. The molecule has 0 aromatic heterocycles. The Balaban J connectivity index is 1.65. The molecule has 0 saturated carbocycles. The Hall–Kier alpha value is -3.17. The van der Waals surface area contributed by atoms with Crippen LogP contribution in [-0.4, -0.2) is 36.5 Å². The summed E-state index contributed by atoms with van der Waals surface area (Å²) in [6.45, 7) is 0. The van der Waals surface area contributed by atoms with Crippen LogP contribution in [0.5, 0.6) is 5.75 Å². The van der Waals surface area contributed by atoms with Crippen molar-refractivity contribution in [3.05, 3.63) is 76.7 Å². The highest BCUT2D eigenvalue weighted by Crippen LogP contribution is 2.37. The highest BCUT2D eigenvalue weighted by molar-refractivity contribution is 8.17. The van der Waals surface area contributed by atoms with Gasteiger partial charge in [0, 0.05) is 5.41 Å². The van der Waals surface area contributed by atoms with Crippen LogP contribution >= 0.6 is 11.8 Å². The van der Waals surface area contributed by atoms with Crippen molar-refractivity contribution in [2.24, 2.45) is 4.99 Å². The van der Waals surface area contributed by atoms with Crippen molar-refractivity contribution < 1.29 is 17.4 Å². The Morgan fingerprint density at radius 1 is 1.10 bits per heavy atom. The lowest BCUT2D eigenvalue weighted by molar-refractivity contribution is -0.114. The minimum Gasteiger partial charge on any atom is -0.383 e. The number of carbonyl (C=O) groups excluding carboxylic acids is 1. The highest BCUT2D eigenvalue weighted by atomic mass is 32.2. The van der Waals surface area contributed by atoms with Gasteiger partial charge in [-0.15, -0.1) is 0 Å². The van der Waals surface area contributed by atoms with Crippen molar-refractivity contribution in [1.82, 2.24) is 4.90 Å². The van der Waals surface area contributed by atoms with E-state index >= 15 is 0 Å². The van der Waals surface area contributed by atoms with Crippen molar-refractivity contribution in [2.75, 3.05) is 6.26 Å². The van der Waals surface area contributed by atoms with Crippen molar-refractivity contribution in [3.8, 4) is 5.75 Å². The molecule has 146 valence electrons. The number of nitrogens with one attached hydrogen (secondary N) is 1. The third kappa shape index (κ3) is 4.01. The molecule has 0 spiro atoms. The van der Waals surface area contributed by atoms with Crippen LogP contribution in [-0.2, 0) is 14.9 Å². The van der Waals surface area contributed by atoms with Crippen molar-refractivity contribution in [2.45, 2.75) is 0 Å². The summed E-state index contributed by atoms with van der Waals surface area (Å²) in [5.41, 5.74) is 2.48. The zero-order chi connectivity index (χ0) is 20.6. The van der Waals surface area contributed by atoms with Crippen LogP contribution in [0.1, 0.15) is 11.1 Å². The fourth-order valence-corrected chi connectivity index (χ4v) is 4.23. The number of fused-ring (bicyclic) bond motifs is 1. The fourth-order valence-electron chi connectivity index (χ4n) is 2.88. The Morgan fingerprint density at radius 2 is 1.79 bits per heavy atom. The quantitative estimate of drug-likeness (QED) is 0.596. The first-order valence-electron chi connectivity index (χ1n) is 8.47. The summed E-state index contributed by atoms with van der Waals surface area (Å²) in [5, 5.41) is 10.9. The van der Waals surface area contributed by atoms with Gasteiger partial charge in [0.1, 0.15) is 11.6 Å². The van der Waals surface area contributed by atoms with Crippen LogP contribution in [0.3, 0.4) is 0 Å². The minimum atomic E-state index is -3.61. The van der Waals surface area contributed by atoms with E-state index in [2.05, 4.69) is 4.99 Å². The molecule has 1 amide bonds. The van der Waals surface area contributed by atoms with Gasteiger partial charge in [0.05, 0.1) is 17.5 Å². The molecule has 0 radical (unpaired) electrons. The van der Waals surface area contributed by atoms with E-state index in [1.165, 1.54) is 23.9 Å². The predicted octanol–water partition coefficient (Wildman–Crippen LogP) is 3.33. The van der Waals surface area contributed by atoms with Crippen LogP contribution in [0, 0.1) is 5.41 Å². The molecule has 0 atom stereocenters. The molecule has 1 N–H and O–H groups in total. The van der Waals surface area contributed by atoms with Crippen LogP contribution in [0.2, 0.25) is 0 Å². The normalized spacial score (nSPS) is 17.8. The van der Waals surface area contributed by atoms with E-state index in [1.807, 2.05) is 35.7 Å². The van der Waals surface area contributed by atoms with Gasteiger partial charge in [-0.2, -0.15) is 13.4 Å². The van der Waals surface area contributed by atoms with E-state index in [-0.39, 0.29) is 17.2 Å². The Bertz CT molecular complexity index is 1200. The number of benzene rings is 2. The predicted molar refractivity (Wildman–Crippen MR) is 114 cm³/mol. The van der Waals surface area contributed by atoms with Gasteiger partial charge >= 0.3 is 10.1 Å². The standard InChI is InChI=1S/C20H15N3O4S2/c1-29(25,26)27-15-9-7-13(8-10-15)11-16-18(21)23-17(14-5-3-2-4-6-14)12-28-20(23)22-19(16)24/h2-12,21H,1H3/b16-11-,21-18?. The molecule has 0 bridgehead atoms. The van der Waals surface area contributed by atoms with E-state index < -0.39 is 16.0 Å². The van der Waals surface area contributed by atoms with Crippen molar-refractivity contribution >= 4 is 50.6 Å². The molecule has 2 heterocycles. The molecule has 0 unspecified atom stereocenters. The van der Waals surface area contributed by atoms with E-state index in [9.17, 15) is 13.2 Å². The summed E-state index contributed by atoms with van der Waals surface area (Å²) in [6, 6.07) is 15.8. The molecule has 29 heavy (non-hydrogen) atoms. The van der Waals surface area contributed by atoms with E-state index in [0.29, 0.717) is 10.7 Å². The lowest BCUT2D eigenvalue weighted by Gasteiger charge is -2.26. The second-order valence-electron chi connectivity index (χ2n) is 6.29. The summed E-state index contributed by atoms with van der Waals surface area (Å²) in [4.78, 5) is 18.2. The average molecular weight is 425 g/mol. The number of hydrogen-bond acceptors (Lipinski definition) is 6. The summed E-state index contributed by atoms with van der Waals surface area (Å²) in [7, 11) is -3.61. The van der Waals surface area contributed by atoms with Gasteiger partial charge in [-0.1, -0.05) is 54.2 Å². The molecule has 2 aromatic carbocycles. The maximum atomic E-state index is 12.5. The monoisotopic (exact) mass is 425 g/mol. The maximum absolute atomic E-state index is 12.5. The smallest absolute Gasteiger partial charge is 0.306 e. The first-order valence-corrected chi connectivity index (χ1v) is 11.2. The zero-order valence-electron chi connectivity index (χ0n) is 15.2. The van der Waals surface area contributed by atoms with Gasteiger partial charge in [-0.25, -0.2) is 0 Å². The largest absolute Gasteiger partial charge is 0.383 e. The van der Waals surface area contributed by atoms with Gasteiger partial charge in [0.15, 0.2) is 5.17 Å². The number of aliphatic imine (C=N–C) groups is 1. The minimum absolute atomic E-state index is 0.0385. The lowest BCUT2D eigenvalue weighted by atomic mass is 10.1. The topological polar surface area (TPSA) is 99.9 Å². The molecular formula is C20H15N3O4S2. The molecule has 2 aromatic rings. The summed E-state index contributed by atoms with van der Waals surface area (Å²) >= 11 is 1.30. The number of amidine groups is 2. The number of amides is 1. The second-order valence-corrected chi connectivity index (χ2v) is 8.70. The molecule has 0 aliphatic carbocycles. The lowest BCUT2D eigenvalue weighted by Crippen LogP contribution is -2.38. The molecule has 4 rings (SSSR count). The summed E-state index contributed by atoms with van der Waals surface area (Å²) in [6.07, 6.45) is 2.52. The SMILES string of the molecule is CS(=O)(=O)Oc1ccc(/C=C2/C(=N)N3C(c4ccccc4)=CSC3=NC2=O)cc1. The molecule has 0 fully saturated rings. The van der Waals surface area contributed by atoms with Crippen molar-refractivity contribution in [3.63, 3.8) is 0 Å². The summed E-state index contributed by atoms with van der Waals surface area (Å²) < 4.78 is 27.2. The van der Waals surface area contributed by atoms with Gasteiger partial charge in [-0.3, -0.25) is 15.1 Å². The molecule has 2 aliphatic rings. The molecule has 9 heteroatoms. The Labute approximate surface area is 172 Å². The second kappa shape index (κ2) is 7.34. The third-order valence-corrected chi connectivity index (χ3v) is 5.44. The molecule has 2 aliphatic heterocycles. The molecular weight excluding hydrogens is 410 g/mol. The van der Waals surface area contributed by atoms with E-state index in [4.69, 9.17) is 9.59 Å². The number of nitrogens with zero attached hydrogens (tertiary/aromatic N) is 2. The first kappa shape index (κ1) is 19.2. The molecule has 0 saturated heterocycles. The Morgan fingerprint density at radius 3 is 2.45 bits per heavy atom. The number of thioether (sulfide) groups is 1. The van der Waals surface area contributed by atoms with Crippen LogP contribution in [0.25, 0.3) is 11.8 Å². The van der Waals surface area contributed by atoms with Gasteiger partial charge in [0.25, 0.3) is 5.91 Å². The van der Waals surface area contributed by atoms with Crippen LogP contribution in [0.15, 0.2) is 70.6 Å². The number of carbonyl (C=O) groups is 1. The van der Waals surface area contributed by atoms with Gasteiger partial charge < -0.3 is 4.18 Å². The van der Waals surface area contributed by atoms with E-state index in [1.54, 1.807) is 23.1 Å². The summed E-state index contributed by atoms with van der Waals surface area (Å²) in [5.74, 6) is -0.283. The molecule has 7 nitrogen and oxygen atoms in total. The highest BCUT2D eigenvalue weighted by Gasteiger charge is 2.36. The van der Waals surface area contributed by atoms with Gasteiger partial charge in [-0.05, 0) is 29.3 Å². The zero-order valence-corrected chi connectivity index (χ0v) is 16.8. The number of rotatable bonds is 4.